The van der Waals surface area contributed by atoms with Gasteiger partial charge in [0.1, 0.15) is 0 Å². The molecule has 0 saturated heterocycles. The highest BCUT2D eigenvalue weighted by Gasteiger charge is 2.18. The molecule has 0 saturated carbocycles. The van der Waals surface area contributed by atoms with Crippen LogP contribution in [0.15, 0.2) is 29.2 Å². The highest BCUT2D eigenvalue weighted by molar-refractivity contribution is 7.85. The highest BCUT2D eigenvalue weighted by Crippen LogP contribution is 2.17. The lowest BCUT2D eigenvalue weighted by molar-refractivity contribution is -0.146. The molecule has 0 aliphatic heterocycles. The molecule has 0 amide bonds. The predicted molar refractivity (Wildman–Crippen MR) is 77.6 cm³/mol. The van der Waals surface area contributed by atoms with Gasteiger partial charge >= 0.3 is 5.97 Å². The van der Waals surface area contributed by atoms with Gasteiger partial charge in [-0.1, -0.05) is 32.9 Å². The Morgan fingerprint density at radius 2 is 1.79 bits per heavy atom. The molecule has 106 valence electrons. The van der Waals surface area contributed by atoms with Gasteiger partial charge < -0.3 is 4.74 Å². The summed E-state index contributed by atoms with van der Waals surface area (Å²) in [6.07, 6.45) is 0. The van der Waals surface area contributed by atoms with E-state index in [1.165, 1.54) is 5.56 Å². The lowest BCUT2D eigenvalue weighted by Gasteiger charge is -2.11. The Morgan fingerprint density at radius 3 is 2.26 bits per heavy atom. The summed E-state index contributed by atoms with van der Waals surface area (Å²) in [6, 6.07) is 7.74. The van der Waals surface area contributed by atoms with Crippen LogP contribution in [0.1, 0.15) is 39.2 Å². The van der Waals surface area contributed by atoms with Crippen LogP contribution >= 0.6 is 0 Å². The summed E-state index contributed by atoms with van der Waals surface area (Å²) in [4.78, 5) is 12.3. The molecular formula is C15H22O3S. The number of hydrogen-bond donors (Lipinski definition) is 0. The van der Waals surface area contributed by atoms with Gasteiger partial charge in [-0.05, 0) is 30.5 Å². The molecule has 19 heavy (non-hydrogen) atoms. The molecule has 0 fully saturated rings. The molecule has 3 nitrogen and oxygen atoms in total. The summed E-state index contributed by atoms with van der Waals surface area (Å²) < 4.78 is 17.1. The van der Waals surface area contributed by atoms with E-state index in [9.17, 15) is 9.00 Å². The number of carbonyl (C=O) groups is 1. The van der Waals surface area contributed by atoms with Crippen LogP contribution in [-0.2, 0) is 20.3 Å². The zero-order chi connectivity index (χ0) is 14.4. The fourth-order valence-electron chi connectivity index (χ4n) is 1.68. The van der Waals surface area contributed by atoms with E-state index in [2.05, 4.69) is 13.8 Å². The van der Waals surface area contributed by atoms with Crippen LogP contribution in [0.4, 0.5) is 0 Å². The quantitative estimate of drug-likeness (QED) is 0.753. The van der Waals surface area contributed by atoms with E-state index in [1.807, 2.05) is 24.3 Å². The van der Waals surface area contributed by atoms with Crippen molar-refractivity contribution in [2.45, 2.75) is 38.5 Å². The lowest BCUT2D eigenvalue weighted by atomic mass is 10.0. The van der Waals surface area contributed by atoms with Gasteiger partial charge in [-0.15, -0.1) is 0 Å². The van der Waals surface area contributed by atoms with E-state index in [1.54, 1.807) is 13.8 Å². The molecule has 2 unspecified atom stereocenters. The number of hydrogen-bond acceptors (Lipinski definition) is 3. The molecule has 0 aliphatic rings. The summed E-state index contributed by atoms with van der Waals surface area (Å²) in [6.45, 7) is 8.12. The lowest BCUT2D eigenvalue weighted by Crippen LogP contribution is -2.20. The maximum atomic E-state index is 12.1. The second-order valence-electron chi connectivity index (χ2n) is 4.89. The van der Waals surface area contributed by atoms with Crippen LogP contribution in [0, 0.1) is 5.92 Å². The number of benzene rings is 1. The molecule has 1 rings (SSSR count). The Kier molecular flexibility index (Phi) is 6.22. The van der Waals surface area contributed by atoms with Gasteiger partial charge in [0, 0.05) is 10.6 Å². The second kappa shape index (κ2) is 7.43. The fraction of sp³-hybridized carbons (Fsp3) is 0.533. The number of rotatable bonds is 6. The molecule has 1 aromatic rings. The Balaban J connectivity index is 2.65. The first kappa shape index (κ1) is 15.9. The SMILES string of the molecule is CCOC(=O)C(C)CS(=O)c1ccc(C(C)C)cc1. The summed E-state index contributed by atoms with van der Waals surface area (Å²) in [5.41, 5.74) is 1.22. The Hall–Kier alpha value is -1.16. The Labute approximate surface area is 117 Å². The molecule has 0 radical (unpaired) electrons. The minimum absolute atomic E-state index is 0.283. The Morgan fingerprint density at radius 1 is 1.21 bits per heavy atom. The van der Waals surface area contributed by atoms with Gasteiger partial charge in [0.05, 0.1) is 23.3 Å². The standard InChI is InChI=1S/C15H22O3S/c1-5-18-15(16)12(4)10-19(17)14-8-6-13(7-9-14)11(2)3/h6-9,11-12H,5,10H2,1-4H3. The molecule has 0 N–H and O–H groups in total. The smallest absolute Gasteiger partial charge is 0.309 e. The normalized spacial score (nSPS) is 14.2. The van der Waals surface area contributed by atoms with Crippen molar-refractivity contribution in [1.29, 1.82) is 0 Å². The zero-order valence-electron chi connectivity index (χ0n) is 12.0. The summed E-state index contributed by atoms with van der Waals surface area (Å²) >= 11 is 0. The van der Waals surface area contributed by atoms with E-state index in [4.69, 9.17) is 4.74 Å². The summed E-state index contributed by atoms with van der Waals surface area (Å²) in [5.74, 6) is 0.140. The average molecular weight is 282 g/mol. The van der Waals surface area contributed by atoms with Gasteiger partial charge in [0.15, 0.2) is 0 Å². The van der Waals surface area contributed by atoms with Crippen molar-refractivity contribution in [1.82, 2.24) is 0 Å². The fourth-order valence-corrected chi connectivity index (χ4v) is 2.90. The van der Waals surface area contributed by atoms with Gasteiger partial charge in [0.2, 0.25) is 0 Å². The van der Waals surface area contributed by atoms with Gasteiger partial charge in [-0.2, -0.15) is 0 Å². The molecule has 4 heteroatoms. The van der Waals surface area contributed by atoms with E-state index < -0.39 is 10.8 Å². The first-order chi connectivity index (χ1) is 8.95. The van der Waals surface area contributed by atoms with Crippen molar-refractivity contribution in [3.8, 4) is 0 Å². The topological polar surface area (TPSA) is 43.4 Å². The minimum atomic E-state index is -1.16. The first-order valence-electron chi connectivity index (χ1n) is 6.60. The molecule has 2 atom stereocenters. The predicted octanol–water partition coefficient (Wildman–Crippen LogP) is 3.12. The summed E-state index contributed by atoms with van der Waals surface area (Å²) in [7, 11) is -1.16. The van der Waals surface area contributed by atoms with Gasteiger partial charge in [-0.25, -0.2) is 0 Å². The largest absolute Gasteiger partial charge is 0.466 e. The third-order valence-electron chi connectivity index (χ3n) is 2.90. The number of ether oxygens (including phenoxy) is 1. The minimum Gasteiger partial charge on any atom is -0.466 e. The molecule has 0 heterocycles. The monoisotopic (exact) mass is 282 g/mol. The van der Waals surface area contributed by atoms with Crippen molar-refractivity contribution < 1.29 is 13.7 Å². The average Bonchev–Trinajstić information content (AvgIpc) is 2.38. The van der Waals surface area contributed by atoms with E-state index in [0.29, 0.717) is 18.3 Å². The van der Waals surface area contributed by atoms with Crippen LogP contribution in [0.3, 0.4) is 0 Å². The first-order valence-corrected chi connectivity index (χ1v) is 7.92. The number of carbonyl (C=O) groups excluding carboxylic acids is 1. The van der Waals surface area contributed by atoms with Crippen LogP contribution in [0.5, 0.6) is 0 Å². The maximum absolute atomic E-state index is 12.1. The highest BCUT2D eigenvalue weighted by atomic mass is 32.2. The van der Waals surface area contributed by atoms with Crippen molar-refractivity contribution in [3.63, 3.8) is 0 Å². The molecular weight excluding hydrogens is 260 g/mol. The van der Waals surface area contributed by atoms with Crippen molar-refractivity contribution in [2.24, 2.45) is 5.92 Å². The van der Waals surface area contributed by atoms with Gasteiger partial charge in [0.25, 0.3) is 0 Å². The van der Waals surface area contributed by atoms with Crippen molar-refractivity contribution >= 4 is 16.8 Å². The van der Waals surface area contributed by atoms with Crippen LogP contribution in [0.2, 0.25) is 0 Å². The van der Waals surface area contributed by atoms with Crippen molar-refractivity contribution in [3.05, 3.63) is 29.8 Å². The van der Waals surface area contributed by atoms with Crippen LogP contribution in [0.25, 0.3) is 0 Å². The second-order valence-corrected chi connectivity index (χ2v) is 6.38. The molecule has 1 aromatic carbocycles. The Bertz CT molecular complexity index is 437. The van der Waals surface area contributed by atoms with Crippen LogP contribution in [-0.4, -0.2) is 22.5 Å². The zero-order valence-corrected chi connectivity index (χ0v) is 12.8. The van der Waals surface area contributed by atoms with Crippen LogP contribution < -0.4 is 0 Å². The van der Waals surface area contributed by atoms with E-state index >= 15 is 0 Å². The molecule has 0 spiro atoms. The molecule has 0 bridgehead atoms. The van der Waals surface area contributed by atoms with E-state index in [0.717, 1.165) is 4.90 Å². The third-order valence-corrected chi connectivity index (χ3v) is 4.50. The maximum Gasteiger partial charge on any atom is 0.309 e. The van der Waals surface area contributed by atoms with Crippen molar-refractivity contribution in [2.75, 3.05) is 12.4 Å². The van der Waals surface area contributed by atoms with Gasteiger partial charge in [-0.3, -0.25) is 9.00 Å². The number of esters is 1. The summed E-state index contributed by atoms with van der Waals surface area (Å²) in [5, 5.41) is 0. The molecule has 0 aromatic heterocycles. The van der Waals surface area contributed by atoms with E-state index in [-0.39, 0.29) is 11.9 Å². The third kappa shape index (κ3) is 4.78. The molecule has 0 aliphatic carbocycles.